The highest BCUT2D eigenvalue weighted by atomic mass is 19.4. The van der Waals surface area contributed by atoms with Crippen molar-refractivity contribution in [2.45, 2.75) is 6.18 Å². The number of alkyl halides is 3. The molecule has 7 heteroatoms. The molecular formula is C9H4F4N2O. The van der Waals surface area contributed by atoms with Crippen LogP contribution in [-0.4, -0.2) is 9.97 Å². The Morgan fingerprint density at radius 3 is 2.56 bits per heavy atom. The molecule has 0 amide bonds. The number of fused-ring (bicyclic) bond motifs is 1. The minimum absolute atomic E-state index is 0.244. The Labute approximate surface area is 85.7 Å². The highest BCUT2D eigenvalue weighted by Gasteiger charge is 2.36. The lowest BCUT2D eigenvalue weighted by Crippen LogP contribution is -2.23. The van der Waals surface area contributed by atoms with E-state index in [4.69, 9.17) is 0 Å². The van der Waals surface area contributed by atoms with Gasteiger partial charge >= 0.3 is 6.18 Å². The number of H-pyrrole nitrogens is 1. The van der Waals surface area contributed by atoms with Crippen LogP contribution < -0.4 is 5.56 Å². The van der Waals surface area contributed by atoms with Crippen molar-refractivity contribution in [1.29, 1.82) is 0 Å². The van der Waals surface area contributed by atoms with Gasteiger partial charge in [0.25, 0.3) is 5.56 Å². The van der Waals surface area contributed by atoms with Gasteiger partial charge in [0.15, 0.2) is 0 Å². The van der Waals surface area contributed by atoms with Crippen LogP contribution in [0.25, 0.3) is 11.0 Å². The molecule has 0 aliphatic carbocycles. The maximum absolute atomic E-state index is 13.1. The number of aromatic amines is 1. The minimum Gasteiger partial charge on any atom is -0.316 e. The summed E-state index contributed by atoms with van der Waals surface area (Å²) < 4.78 is 50.0. The molecule has 0 saturated carbocycles. The highest BCUT2D eigenvalue weighted by molar-refractivity contribution is 5.74. The molecular weight excluding hydrogens is 228 g/mol. The number of halogens is 4. The number of nitrogens with zero attached hydrogens (tertiary/aromatic N) is 1. The monoisotopic (exact) mass is 232 g/mol. The van der Waals surface area contributed by atoms with Crippen molar-refractivity contribution in [1.82, 2.24) is 9.97 Å². The second kappa shape index (κ2) is 3.29. The fraction of sp³-hybridized carbons (Fsp3) is 0.111. The average Bonchev–Trinajstić information content (AvgIpc) is 2.17. The van der Waals surface area contributed by atoms with Gasteiger partial charge in [-0.3, -0.25) is 4.79 Å². The van der Waals surface area contributed by atoms with Crippen LogP contribution in [0.4, 0.5) is 17.6 Å². The fourth-order valence-corrected chi connectivity index (χ4v) is 1.27. The molecule has 1 aromatic carbocycles. The molecule has 0 spiro atoms. The third kappa shape index (κ3) is 1.64. The van der Waals surface area contributed by atoms with Crippen LogP contribution in [0.1, 0.15) is 5.69 Å². The summed E-state index contributed by atoms with van der Waals surface area (Å²) in [6.07, 6.45) is -4.85. The van der Waals surface area contributed by atoms with Crippen LogP contribution in [0.2, 0.25) is 0 Å². The Morgan fingerprint density at radius 1 is 1.25 bits per heavy atom. The molecule has 0 saturated heterocycles. The second-order valence-corrected chi connectivity index (χ2v) is 3.05. The maximum atomic E-state index is 13.1. The summed E-state index contributed by atoms with van der Waals surface area (Å²) in [6, 6.07) is 3.42. The molecule has 84 valence electrons. The first-order chi connectivity index (χ1) is 7.39. The van der Waals surface area contributed by atoms with Crippen LogP contribution in [0.15, 0.2) is 23.0 Å². The molecule has 0 aliphatic heterocycles. The molecule has 16 heavy (non-hydrogen) atoms. The lowest BCUT2D eigenvalue weighted by Gasteiger charge is -2.05. The van der Waals surface area contributed by atoms with Crippen molar-refractivity contribution in [2.75, 3.05) is 0 Å². The quantitative estimate of drug-likeness (QED) is 0.707. The number of para-hydroxylation sites is 1. The van der Waals surface area contributed by atoms with Crippen molar-refractivity contribution in [3.63, 3.8) is 0 Å². The van der Waals surface area contributed by atoms with E-state index in [9.17, 15) is 22.4 Å². The third-order valence-corrected chi connectivity index (χ3v) is 1.95. The summed E-state index contributed by atoms with van der Waals surface area (Å²) in [5, 5.41) is 0. The molecule has 2 aromatic rings. The highest BCUT2D eigenvalue weighted by Crippen LogP contribution is 2.25. The van der Waals surface area contributed by atoms with Crippen LogP contribution in [0.3, 0.4) is 0 Å². The zero-order valence-electron chi connectivity index (χ0n) is 7.60. The van der Waals surface area contributed by atoms with Crippen molar-refractivity contribution in [3.05, 3.63) is 40.1 Å². The zero-order chi connectivity index (χ0) is 11.9. The molecule has 0 unspecified atom stereocenters. The standard InChI is InChI=1S/C9H4F4N2O/c10-4-2-1-3-5-6(4)15-8(16)7(14-5)9(11,12)13/h1-3H,(H,15,16). The lowest BCUT2D eigenvalue weighted by molar-refractivity contribution is -0.142. The predicted octanol–water partition coefficient (Wildman–Crippen LogP) is 2.08. The van der Waals surface area contributed by atoms with Gasteiger partial charge in [-0.1, -0.05) is 6.07 Å². The van der Waals surface area contributed by atoms with E-state index < -0.39 is 23.2 Å². The molecule has 1 aromatic heterocycles. The molecule has 0 aliphatic rings. The predicted molar refractivity (Wildman–Crippen MR) is 47.3 cm³/mol. The number of nitrogens with one attached hydrogen (secondary N) is 1. The van der Waals surface area contributed by atoms with E-state index in [0.29, 0.717) is 0 Å². The summed E-state index contributed by atoms with van der Waals surface area (Å²) in [7, 11) is 0. The van der Waals surface area contributed by atoms with Crippen molar-refractivity contribution in [2.24, 2.45) is 0 Å². The first-order valence-corrected chi connectivity index (χ1v) is 4.15. The van der Waals surface area contributed by atoms with Gasteiger partial charge in [0.1, 0.15) is 11.3 Å². The number of hydrogen-bond acceptors (Lipinski definition) is 2. The van der Waals surface area contributed by atoms with Crippen LogP contribution in [-0.2, 0) is 6.18 Å². The number of hydrogen-bond donors (Lipinski definition) is 1. The minimum atomic E-state index is -4.85. The van der Waals surface area contributed by atoms with Gasteiger partial charge in [0.05, 0.1) is 5.52 Å². The normalized spacial score (nSPS) is 12.0. The summed E-state index contributed by atoms with van der Waals surface area (Å²) in [5.74, 6) is -0.823. The van der Waals surface area contributed by atoms with Gasteiger partial charge in [-0.15, -0.1) is 0 Å². The summed E-state index contributed by atoms with van der Waals surface area (Å²) >= 11 is 0. The van der Waals surface area contributed by atoms with E-state index >= 15 is 0 Å². The molecule has 2 rings (SSSR count). The van der Waals surface area contributed by atoms with E-state index in [-0.39, 0.29) is 11.0 Å². The zero-order valence-corrected chi connectivity index (χ0v) is 7.60. The van der Waals surface area contributed by atoms with E-state index in [0.717, 1.165) is 6.07 Å². The van der Waals surface area contributed by atoms with Crippen molar-refractivity contribution in [3.8, 4) is 0 Å². The molecule has 0 bridgehead atoms. The van der Waals surface area contributed by atoms with Crippen LogP contribution in [0, 0.1) is 5.82 Å². The topological polar surface area (TPSA) is 45.8 Å². The lowest BCUT2D eigenvalue weighted by atomic mass is 10.3. The van der Waals surface area contributed by atoms with E-state index in [2.05, 4.69) is 4.98 Å². The van der Waals surface area contributed by atoms with Crippen molar-refractivity contribution < 1.29 is 17.6 Å². The van der Waals surface area contributed by atoms with Gasteiger partial charge < -0.3 is 4.98 Å². The first kappa shape index (κ1) is 10.6. The maximum Gasteiger partial charge on any atom is 0.438 e. The van der Waals surface area contributed by atoms with Crippen LogP contribution in [0.5, 0.6) is 0 Å². The molecule has 3 nitrogen and oxygen atoms in total. The Bertz CT molecular complexity index is 602. The molecule has 1 heterocycles. The smallest absolute Gasteiger partial charge is 0.316 e. The fourth-order valence-electron chi connectivity index (χ4n) is 1.27. The van der Waals surface area contributed by atoms with Gasteiger partial charge in [-0.25, -0.2) is 9.37 Å². The van der Waals surface area contributed by atoms with Crippen molar-refractivity contribution >= 4 is 11.0 Å². The summed E-state index contributed by atoms with van der Waals surface area (Å²) in [6.45, 7) is 0. The van der Waals surface area contributed by atoms with E-state index in [1.165, 1.54) is 12.1 Å². The largest absolute Gasteiger partial charge is 0.438 e. The molecule has 0 radical (unpaired) electrons. The Balaban J connectivity index is 2.83. The summed E-state index contributed by atoms with van der Waals surface area (Å²) in [5.41, 5.74) is -3.61. The van der Waals surface area contributed by atoms with Gasteiger partial charge in [0.2, 0.25) is 5.69 Å². The molecule has 0 atom stereocenters. The number of benzene rings is 1. The average molecular weight is 232 g/mol. The van der Waals surface area contributed by atoms with Crippen LogP contribution >= 0.6 is 0 Å². The Kier molecular flexibility index (Phi) is 2.18. The second-order valence-electron chi connectivity index (χ2n) is 3.05. The SMILES string of the molecule is O=c1[nH]c2c(F)cccc2nc1C(F)(F)F. The molecule has 1 N–H and O–H groups in total. The van der Waals surface area contributed by atoms with E-state index in [1.807, 2.05) is 4.98 Å². The first-order valence-electron chi connectivity index (χ1n) is 4.15. The third-order valence-electron chi connectivity index (χ3n) is 1.95. The van der Waals surface area contributed by atoms with Gasteiger partial charge in [-0.2, -0.15) is 13.2 Å². The number of rotatable bonds is 0. The number of aromatic nitrogens is 2. The van der Waals surface area contributed by atoms with E-state index in [1.54, 1.807) is 0 Å². The summed E-state index contributed by atoms with van der Waals surface area (Å²) in [4.78, 5) is 15.9. The van der Waals surface area contributed by atoms with Gasteiger partial charge in [-0.05, 0) is 12.1 Å². The van der Waals surface area contributed by atoms with Gasteiger partial charge in [0, 0.05) is 0 Å². The Morgan fingerprint density at radius 2 is 1.94 bits per heavy atom. The molecule has 0 fully saturated rings. The Hall–Kier alpha value is -1.92.